The predicted molar refractivity (Wildman–Crippen MR) is 112 cm³/mol. The summed E-state index contributed by atoms with van der Waals surface area (Å²) in [5.74, 6) is 1.50. The summed E-state index contributed by atoms with van der Waals surface area (Å²) in [5.41, 5.74) is 1.38. The van der Waals surface area contributed by atoms with E-state index < -0.39 is 0 Å². The highest BCUT2D eigenvalue weighted by Crippen LogP contribution is 2.48. The summed E-state index contributed by atoms with van der Waals surface area (Å²) in [6, 6.07) is 7.84. The smallest absolute Gasteiger partial charge is 0.241 e. The highest BCUT2D eigenvalue weighted by molar-refractivity contribution is 5.86. The molecular formula is C21H34N4O3. The highest BCUT2D eigenvalue weighted by Gasteiger charge is 2.41. The number of amides is 1. The van der Waals surface area contributed by atoms with Crippen molar-refractivity contribution in [3.8, 4) is 5.75 Å². The van der Waals surface area contributed by atoms with E-state index in [9.17, 15) is 4.79 Å². The van der Waals surface area contributed by atoms with Gasteiger partial charge in [0.25, 0.3) is 0 Å². The molecule has 2 rings (SSSR count). The topological polar surface area (TPSA) is 75.2 Å². The zero-order valence-electron chi connectivity index (χ0n) is 17.6. The second-order valence-corrected chi connectivity index (χ2v) is 7.46. The Labute approximate surface area is 168 Å². The molecule has 0 aromatic heterocycles. The number of ether oxygens (including phenoxy) is 2. The fraction of sp³-hybridized carbons (Fsp3) is 0.619. The number of guanidine groups is 1. The van der Waals surface area contributed by atoms with Crippen molar-refractivity contribution in [2.24, 2.45) is 10.4 Å². The van der Waals surface area contributed by atoms with Gasteiger partial charge in [0.2, 0.25) is 5.91 Å². The van der Waals surface area contributed by atoms with Crippen molar-refractivity contribution in [1.82, 2.24) is 15.5 Å². The van der Waals surface area contributed by atoms with E-state index in [0.717, 1.165) is 37.5 Å². The Balaban J connectivity index is 1.94. The van der Waals surface area contributed by atoms with Gasteiger partial charge in [-0.15, -0.1) is 0 Å². The van der Waals surface area contributed by atoms with E-state index in [1.165, 1.54) is 12.8 Å². The molecule has 1 aliphatic carbocycles. The molecule has 1 aromatic carbocycles. The van der Waals surface area contributed by atoms with Crippen LogP contribution in [0.15, 0.2) is 29.3 Å². The van der Waals surface area contributed by atoms with Crippen LogP contribution in [0, 0.1) is 5.41 Å². The second-order valence-electron chi connectivity index (χ2n) is 7.46. The van der Waals surface area contributed by atoms with Crippen molar-refractivity contribution >= 4 is 11.9 Å². The minimum Gasteiger partial charge on any atom is -0.497 e. The Kier molecular flexibility index (Phi) is 8.57. The number of benzene rings is 1. The minimum atomic E-state index is 0.0106. The normalized spacial score (nSPS) is 15.1. The molecule has 0 aliphatic heterocycles. The van der Waals surface area contributed by atoms with Gasteiger partial charge in [0.15, 0.2) is 5.96 Å². The standard InChI is InChI=1S/C21H34N4O3/c1-5-28-13-12-21(10-11-21)16-24-20(23-15-19(26)25(2)3)22-14-17-6-8-18(27-4)9-7-17/h6-9H,5,10-16H2,1-4H3,(H2,22,23,24). The first kappa shape index (κ1) is 22.0. The number of carbonyl (C=O) groups is 1. The van der Waals surface area contributed by atoms with Gasteiger partial charge in [0.05, 0.1) is 20.2 Å². The molecular weight excluding hydrogens is 356 g/mol. The Morgan fingerprint density at radius 1 is 1.21 bits per heavy atom. The second kappa shape index (κ2) is 10.9. The van der Waals surface area contributed by atoms with Gasteiger partial charge in [-0.2, -0.15) is 0 Å². The Morgan fingerprint density at radius 3 is 2.50 bits per heavy atom. The zero-order chi connectivity index (χ0) is 20.4. The molecule has 7 heteroatoms. The third-order valence-electron chi connectivity index (χ3n) is 5.05. The number of nitrogens with one attached hydrogen (secondary N) is 2. The summed E-state index contributed by atoms with van der Waals surface area (Å²) < 4.78 is 10.7. The quantitative estimate of drug-likeness (QED) is 0.344. The number of methoxy groups -OCH3 is 1. The number of hydrogen-bond acceptors (Lipinski definition) is 4. The van der Waals surface area contributed by atoms with Crippen LogP contribution in [0.2, 0.25) is 0 Å². The van der Waals surface area contributed by atoms with E-state index in [4.69, 9.17) is 9.47 Å². The molecule has 2 N–H and O–H groups in total. The fourth-order valence-corrected chi connectivity index (χ4v) is 2.79. The number of likely N-dealkylation sites (N-methyl/N-ethyl adjacent to an activating group) is 1. The van der Waals surface area contributed by atoms with Crippen molar-refractivity contribution in [2.45, 2.75) is 32.7 Å². The van der Waals surface area contributed by atoms with Crippen LogP contribution in [0.4, 0.5) is 0 Å². The third kappa shape index (κ3) is 7.38. The summed E-state index contributed by atoms with van der Waals surface area (Å²) in [4.78, 5) is 18.2. The number of carbonyl (C=O) groups excluding carboxylic acids is 1. The number of nitrogens with zero attached hydrogens (tertiary/aromatic N) is 2. The van der Waals surface area contributed by atoms with Crippen LogP contribution in [0.25, 0.3) is 0 Å². The molecule has 1 amide bonds. The van der Waals surface area contributed by atoms with Gasteiger partial charge in [-0.3, -0.25) is 4.79 Å². The van der Waals surface area contributed by atoms with Crippen molar-refractivity contribution in [3.63, 3.8) is 0 Å². The lowest BCUT2D eigenvalue weighted by Crippen LogP contribution is -2.44. The van der Waals surface area contributed by atoms with Crippen LogP contribution in [0.1, 0.15) is 31.7 Å². The van der Waals surface area contributed by atoms with E-state index in [1.54, 1.807) is 26.1 Å². The van der Waals surface area contributed by atoms with E-state index in [-0.39, 0.29) is 12.5 Å². The lowest BCUT2D eigenvalue weighted by molar-refractivity contribution is -0.127. The van der Waals surface area contributed by atoms with Crippen molar-refractivity contribution in [2.75, 3.05) is 47.5 Å². The van der Waals surface area contributed by atoms with Gasteiger partial charge >= 0.3 is 0 Å². The summed E-state index contributed by atoms with van der Waals surface area (Å²) in [6.45, 7) is 5.16. The molecule has 1 aromatic rings. The first-order chi connectivity index (χ1) is 13.5. The number of hydrogen-bond donors (Lipinski definition) is 2. The minimum absolute atomic E-state index is 0.0106. The lowest BCUT2D eigenvalue weighted by Gasteiger charge is -2.19. The van der Waals surface area contributed by atoms with Crippen molar-refractivity contribution in [1.29, 1.82) is 0 Å². The predicted octanol–water partition coefficient (Wildman–Crippen LogP) is 2.03. The van der Waals surface area contributed by atoms with Gasteiger partial charge < -0.3 is 25.0 Å². The molecule has 0 atom stereocenters. The first-order valence-electron chi connectivity index (χ1n) is 9.91. The molecule has 0 heterocycles. The fourth-order valence-electron chi connectivity index (χ4n) is 2.79. The summed E-state index contributed by atoms with van der Waals surface area (Å²) in [6.07, 6.45) is 3.46. The SMILES string of the molecule is CCOCCC1(CNC(=NCc2ccc(OC)cc2)NCC(=O)N(C)C)CC1. The van der Waals surface area contributed by atoms with Gasteiger partial charge in [0, 0.05) is 33.9 Å². The maximum atomic E-state index is 11.9. The molecule has 156 valence electrons. The van der Waals surface area contributed by atoms with Crippen LogP contribution in [-0.4, -0.2) is 64.3 Å². The van der Waals surface area contributed by atoms with E-state index >= 15 is 0 Å². The molecule has 1 aliphatic rings. The Bertz CT molecular complexity index is 640. The molecule has 1 saturated carbocycles. The Morgan fingerprint density at radius 2 is 1.93 bits per heavy atom. The van der Waals surface area contributed by atoms with Gasteiger partial charge in [-0.05, 0) is 49.3 Å². The van der Waals surface area contributed by atoms with E-state index in [1.807, 2.05) is 31.2 Å². The molecule has 0 saturated heterocycles. The zero-order valence-corrected chi connectivity index (χ0v) is 17.6. The van der Waals surface area contributed by atoms with E-state index in [2.05, 4.69) is 15.6 Å². The average Bonchev–Trinajstić information content (AvgIpc) is 3.47. The summed E-state index contributed by atoms with van der Waals surface area (Å²) >= 11 is 0. The lowest BCUT2D eigenvalue weighted by atomic mass is 10.0. The van der Waals surface area contributed by atoms with E-state index in [0.29, 0.717) is 17.9 Å². The van der Waals surface area contributed by atoms with Crippen LogP contribution in [-0.2, 0) is 16.1 Å². The van der Waals surface area contributed by atoms with Crippen molar-refractivity contribution < 1.29 is 14.3 Å². The number of rotatable bonds is 11. The molecule has 0 unspecified atom stereocenters. The van der Waals surface area contributed by atoms with Crippen LogP contribution in [0.3, 0.4) is 0 Å². The monoisotopic (exact) mass is 390 g/mol. The summed E-state index contributed by atoms with van der Waals surface area (Å²) in [5, 5.41) is 6.58. The van der Waals surface area contributed by atoms with Gasteiger partial charge in [-0.1, -0.05) is 12.1 Å². The molecule has 7 nitrogen and oxygen atoms in total. The highest BCUT2D eigenvalue weighted by atomic mass is 16.5. The summed E-state index contributed by atoms with van der Waals surface area (Å²) in [7, 11) is 5.15. The maximum absolute atomic E-state index is 11.9. The average molecular weight is 391 g/mol. The largest absolute Gasteiger partial charge is 0.497 e. The van der Waals surface area contributed by atoms with Gasteiger partial charge in [-0.25, -0.2) is 4.99 Å². The van der Waals surface area contributed by atoms with Crippen LogP contribution >= 0.6 is 0 Å². The molecule has 28 heavy (non-hydrogen) atoms. The molecule has 0 radical (unpaired) electrons. The van der Waals surface area contributed by atoms with Crippen LogP contribution in [0.5, 0.6) is 5.75 Å². The number of aliphatic imine (C=N–C) groups is 1. The molecule has 0 spiro atoms. The molecule has 0 bridgehead atoms. The van der Waals surface area contributed by atoms with Crippen molar-refractivity contribution in [3.05, 3.63) is 29.8 Å². The molecule has 1 fully saturated rings. The Hall–Kier alpha value is -2.28. The first-order valence-corrected chi connectivity index (χ1v) is 9.91. The third-order valence-corrected chi connectivity index (χ3v) is 5.05. The van der Waals surface area contributed by atoms with Crippen LogP contribution < -0.4 is 15.4 Å². The maximum Gasteiger partial charge on any atom is 0.241 e. The van der Waals surface area contributed by atoms with Gasteiger partial charge in [0.1, 0.15) is 5.75 Å².